The normalized spacial score (nSPS) is 25.7. The SMILES string of the molecule is Cc1nc(-c2ccc(S(=O)(=O)N3CC[C@H]4CNC[C@H]43)s2)cs1. The van der Waals surface area contributed by atoms with Crippen LogP contribution in [0.15, 0.2) is 21.7 Å². The van der Waals surface area contributed by atoms with E-state index in [0.29, 0.717) is 16.7 Å². The summed E-state index contributed by atoms with van der Waals surface area (Å²) in [6, 6.07) is 3.71. The van der Waals surface area contributed by atoms with Gasteiger partial charge in [0.1, 0.15) is 4.21 Å². The molecule has 2 aromatic heterocycles. The molecule has 2 saturated heterocycles. The summed E-state index contributed by atoms with van der Waals surface area (Å²) in [6.07, 6.45) is 0.959. The van der Waals surface area contributed by atoms with Gasteiger partial charge in [0.15, 0.2) is 0 Å². The highest BCUT2D eigenvalue weighted by Gasteiger charge is 2.44. The van der Waals surface area contributed by atoms with Gasteiger partial charge in [-0.15, -0.1) is 22.7 Å². The van der Waals surface area contributed by atoms with Crippen molar-refractivity contribution in [3.05, 3.63) is 22.5 Å². The maximum absolute atomic E-state index is 12.9. The third kappa shape index (κ3) is 2.33. The summed E-state index contributed by atoms with van der Waals surface area (Å²) in [5.74, 6) is 0.468. The molecule has 0 amide bonds. The van der Waals surface area contributed by atoms with Crippen LogP contribution in [0.25, 0.3) is 10.6 Å². The van der Waals surface area contributed by atoms with Gasteiger partial charge in [0, 0.05) is 24.5 Å². The molecule has 2 aliphatic heterocycles. The number of thiophene rings is 1. The summed E-state index contributed by atoms with van der Waals surface area (Å²) in [5, 5.41) is 6.27. The van der Waals surface area contributed by atoms with Crippen molar-refractivity contribution in [1.29, 1.82) is 0 Å². The first-order valence-electron chi connectivity index (χ1n) is 7.30. The highest BCUT2D eigenvalue weighted by molar-refractivity contribution is 7.91. The van der Waals surface area contributed by atoms with Crippen molar-refractivity contribution < 1.29 is 8.42 Å². The number of nitrogens with zero attached hydrogens (tertiary/aromatic N) is 2. The number of hydrogen-bond donors (Lipinski definition) is 1. The molecule has 118 valence electrons. The van der Waals surface area contributed by atoms with Gasteiger partial charge in [0.25, 0.3) is 10.0 Å². The molecule has 0 aliphatic carbocycles. The van der Waals surface area contributed by atoms with Gasteiger partial charge >= 0.3 is 0 Å². The van der Waals surface area contributed by atoms with E-state index >= 15 is 0 Å². The van der Waals surface area contributed by atoms with Gasteiger partial charge < -0.3 is 5.32 Å². The molecule has 0 aromatic carbocycles. The van der Waals surface area contributed by atoms with Gasteiger partial charge in [-0.1, -0.05) is 0 Å². The van der Waals surface area contributed by atoms with Crippen LogP contribution in [0.3, 0.4) is 0 Å². The molecule has 1 N–H and O–H groups in total. The molecule has 0 radical (unpaired) electrons. The zero-order valence-electron chi connectivity index (χ0n) is 12.2. The van der Waals surface area contributed by atoms with Crippen LogP contribution in [-0.4, -0.2) is 43.4 Å². The number of nitrogens with one attached hydrogen (secondary N) is 1. The van der Waals surface area contributed by atoms with Crippen LogP contribution < -0.4 is 5.32 Å². The maximum Gasteiger partial charge on any atom is 0.252 e. The fourth-order valence-corrected chi connectivity index (χ4v) is 7.08. The number of hydrogen-bond acceptors (Lipinski definition) is 6. The summed E-state index contributed by atoms with van der Waals surface area (Å²) in [6.45, 7) is 4.30. The van der Waals surface area contributed by atoms with Crippen molar-refractivity contribution >= 4 is 32.7 Å². The number of fused-ring (bicyclic) bond motifs is 1. The van der Waals surface area contributed by atoms with Crippen molar-refractivity contribution in [2.24, 2.45) is 5.92 Å². The molecule has 0 spiro atoms. The van der Waals surface area contributed by atoms with E-state index in [-0.39, 0.29) is 6.04 Å². The van der Waals surface area contributed by atoms with Gasteiger partial charge in [0.05, 0.1) is 15.6 Å². The fourth-order valence-electron chi connectivity index (χ4n) is 3.30. The molecule has 0 saturated carbocycles. The Kier molecular flexibility index (Phi) is 3.61. The quantitative estimate of drug-likeness (QED) is 0.916. The highest BCUT2D eigenvalue weighted by Crippen LogP contribution is 2.37. The van der Waals surface area contributed by atoms with E-state index in [9.17, 15) is 8.42 Å². The first-order chi connectivity index (χ1) is 10.6. The summed E-state index contributed by atoms with van der Waals surface area (Å²) >= 11 is 2.90. The third-order valence-corrected chi connectivity index (χ3v) is 8.68. The van der Waals surface area contributed by atoms with E-state index in [1.807, 2.05) is 18.4 Å². The minimum Gasteiger partial charge on any atom is -0.315 e. The Morgan fingerprint density at radius 3 is 3.00 bits per heavy atom. The molecule has 0 bridgehead atoms. The van der Waals surface area contributed by atoms with Gasteiger partial charge in [-0.3, -0.25) is 0 Å². The van der Waals surface area contributed by atoms with E-state index < -0.39 is 10.0 Å². The van der Waals surface area contributed by atoms with Crippen molar-refractivity contribution in [1.82, 2.24) is 14.6 Å². The number of aryl methyl sites for hydroxylation is 1. The zero-order valence-corrected chi connectivity index (χ0v) is 14.6. The second-order valence-electron chi connectivity index (χ2n) is 5.76. The van der Waals surface area contributed by atoms with Crippen LogP contribution in [0.5, 0.6) is 0 Å². The first-order valence-corrected chi connectivity index (χ1v) is 10.4. The van der Waals surface area contributed by atoms with Crippen LogP contribution in [0, 0.1) is 12.8 Å². The summed E-state index contributed by atoms with van der Waals surface area (Å²) in [7, 11) is -3.39. The van der Waals surface area contributed by atoms with E-state index in [0.717, 1.165) is 35.1 Å². The smallest absolute Gasteiger partial charge is 0.252 e. The van der Waals surface area contributed by atoms with Crippen molar-refractivity contribution in [3.63, 3.8) is 0 Å². The lowest BCUT2D eigenvalue weighted by molar-refractivity contribution is 0.384. The Bertz CT molecular complexity index is 796. The lowest BCUT2D eigenvalue weighted by atomic mass is 10.1. The van der Waals surface area contributed by atoms with Gasteiger partial charge in [0.2, 0.25) is 0 Å². The lowest BCUT2D eigenvalue weighted by Crippen LogP contribution is -2.38. The molecular formula is C14H17N3O2S3. The topological polar surface area (TPSA) is 62.3 Å². The molecule has 8 heteroatoms. The zero-order chi connectivity index (χ0) is 15.3. The summed E-state index contributed by atoms with van der Waals surface area (Å²) in [4.78, 5) is 5.36. The molecule has 22 heavy (non-hydrogen) atoms. The van der Waals surface area contributed by atoms with Crippen LogP contribution in [-0.2, 0) is 10.0 Å². The number of sulfonamides is 1. The van der Waals surface area contributed by atoms with Crippen LogP contribution >= 0.6 is 22.7 Å². The van der Waals surface area contributed by atoms with Crippen molar-refractivity contribution in [2.45, 2.75) is 23.6 Å². The largest absolute Gasteiger partial charge is 0.315 e. The average molecular weight is 356 g/mol. The Balaban J connectivity index is 1.65. The second kappa shape index (κ2) is 5.38. The molecule has 5 nitrogen and oxygen atoms in total. The first kappa shape index (κ1) is 14.8. The summed E-state index contributed by atoms with van der Waals surface area (Å²) in [5.41, 5.74) is 0.871. The monoisotopic (exact) mass is 355 g/mol. The molecule has 2 atom stereocenters. The molecule has 2 fully saturated rings. The van der Waals surface area contributed by atoms with E-state index in [1.54, 1.807) is 21.7 Å². The Morgan fingerprint density at radius 1 is 1.36 bits per heavy atom. The van der Waals surface area contributed by atoms with Crippen LogP contribution in [0.1, 0.15) is 11.4 Å². The maximum atomic E-state index is 12.9. The molecule has 2 aliphatic rings. The molecular weight excluding hydrogens is 338 g/mol. The molecule has 2 aromatic rings. The second-order valence-corrected chi connectivity index (χ2v) is 10.0. The van der Waals surface area contributed by atoms with Crippen molar-refractivity contribution in [3.8, 4) is 10.6 Å². The van der Waals surface area contributed by atoms with Crippen LogP contribution in [0.2, 0.25) is 0 Å². The minimum atomic E-state index is -3.39. The predicted octanol–water partition coefficient (Wildman–Crippen LogP) is 2.16. The van der Waals surface area contributed by atoms with E-state index in [2.05, 4.69) is 10.3 Å². The Labute approximate surface area is 138 Å². The standard InChI is InChI=1S/C14H17N3O2S3/c1-9-16-11(8-20-9)13-2-3-14(21-13)22(18,19)17-5-4-10-6-15-7-12(10)17/h2-3,8,10,12,15H,4-7H2,1H3/t10-,12+/m0/s1. The predicted molar refractivity (Wildman–Crippen MR) is 88.8 cm³/mol. The number of thiazole rings is 1. The van der Waals surface area contributed by atoms with Gasteiger partial charge in [-0.25, -0.2) is 13.4 Å². The highest BCUT2D eigenvalue weighted by atomic mass is 32.2. The lowest BCUT2D eigenvalue weighted by Gasteiger charge is -2.21. The minimum absolute atomic E-state index is 0.122. The fraction of sp³-hybridized carbons (Fsp3) is 0.500. The Morgan fingerprint density at radius 2 is 2.23 bits per heavy atom. The third-order valence-electron chi connectivity index (χ3n) is 4.41. The van der Waals surface area contributed by atoms with Crippen molar-refractivity contribution in [2.75, 3.05) is 19.6 Å². The molecule has 4 rings (SSSR count). The van der Waals surface area contributed by atoms with E-state index in [1.165, 1.54) is 11.3 Å². The molecule has 0 unspecified atom stereocenters. The Hall–Kier alpha value is -0.800. The summed E-state index contributed by atoms with van der Waals surface area (Å²) < 4.78 is 28.0. The number of aromatic nitrogens is 1. The van der Waals surface area contributed by atoms with E-state index in [4.69, 9.17) is 0 Å². The van der Waals surface area contributed by atoms with Crippen LogP contribution in [0.4, 0.5) is 0 Å². The van der Waals surface area contributed by atoms with Gasteiger partial charge in [-0.2, -0.15) is 4.31 Å². The van der Waals surface area contributed by atoms with Gasteiger partial charge in [-0.05, 0) is 37.9 Å². The molecule has 4 heterocycles. The average Bonchev–Trinajstić information content (AvgIpc) is 3.22. The number of rotatable bonds is 3.